The molecule has 0 fully saturated rings. The van der Waals surface area contributed by atoms with Gasteiger partial charge in [0.1, 0.15) is 11.5 Å². The smallest absolute Gasteiger partial charge is 0.277 e. The van der Waals surface area contributed by atoms with Crippen molar-refractivity contribution in [3.8, 4) is 11.5 Å². The van der Waals surface area contributed by atoms with Gasteiger partial charge in [-0.2, -0.15) is 5.10 Å². The molecule has 0 heterocycles. The Bertz CT molecular complexity index is 887. The van der Waals surface area contributed by atoms with Crippen molar-refractivity contribution in [2.75, 3.05) is 19.0 Å². The number of para-hydroxylation sites is 2. The third-order valence-corrected chi connectivity index (χ3v) is 3.95. The van der Waals surface area contributed by atoms with Gasteiger partial charge in [0.25, 0.3) is 5.91 Å². The monoisotopic (exact) mass is 423 g/mol. The number of methoxy groups -OCH3 is 1. The summed E-state index contributed by atoms with van der Waals surface area (Å²) in [6.45, 7) is 1.34. The number of ether oxygens (including phenoxy) is 2. The van der Waals surface area contributed by atoms with Crippen molar-refractivity contribution in [3.05, 3.63) is 52.5 Å². The van der Waals surface area contributed by atoms with Crippen molar-refractivity contribution >= 4 is 46.4 Å². The molecule has 0 radical (unpaired) electrons. The quantitative estimate of drug-likeness (QED) is 0.497. The fourth-order valence-corrected chi connectivity index (χ4v) is 2.60. The van der Waals surface area contributed by atoms with Gasteiger partial charge in [-0.05, 0) is 37.3 Å². The fourth-order valence-electron chi connectivity index (χ4n) is 2.14. The average Bonchev–Trinajstić information content (AvgIpc) is 2.66. The highest BCUT2D eigenvalue weighted by atomic mass is 35.5. The van der Waals surface area contributed by atoms with Gasteiger partial charge in [-0.15, -0.1) is 0 Å². The molecule has 0 bridgehead atoms. The summed E-state index contributed by atoms with van der Waals surface area (Å²) < 4.78 is 10.5. The Kier molecular flexibility index (Phi) is 8.10. The van der Waals surface area contributed by atoms with Crippen LogP contribution in [0.2, 0.25) is 10.0 Å². The lowest BCUT2D eigenvalue weighted by Gasteiger charge is -2.10. The number of anilines is 1. The van der Waals surface area contributed by atoms with E-state index in [1.807, 2.05) is 0 Å². The van der Waals surface area contributed by atoms with Gasteiger partial charge in [0.15, 0.2) is 6.61 Å². The molecule has 0 saturated heterocycles. The molecule has 9 heteroatoms. The minimum atomic E-state index is -0.490. The number of hydrazone groups is 1. The third kappa shape index (κ3) is 6.75. The summed E-state index contributed by atoms with van der Waals surface area (Å²) in [5.74, 6) is 0.106. The van der Waals surface area contributed by atoms with E-state index in [-0.39, 0.29) is 18.9 Å². The number of carbonyl (C=O) groups is 2. The average molecular weight is 424 g/mol. The maximum absolute atomic E-state index is 12.1. The molecule has 0 saturated carbocycles. The predicted molar refractivity (Wildman–Crippen MR) is 109 cm³/mol. The fraction of sp³-hybridized carbons (Fsp3) is 0.211. The van der Waals surface area contributed by atoms with E-state index in [2.05, 4.69) is 15.8 Å². The van der Waals surface area contributed by atoms with E-state index in [0.717, 1.165) is 0 Å². The summed E-state index contributed by atoms with van der Waals surface area (Å²) in [7, 11) is 1.52. The first-order chi connectivity index (χ1) is 13.4. The van der Waals surface area contributed by atoms with Crippen LogP contribution in [-0.4, -0.2) is 31.2 Å². The van der Waals surface area contributed by atoms with E-state index < -0.39 is 5.91 Å². The lowest BCUT2D eigenvalue weighted by atomic mass is 10.2. The third-order valence-electron chi connectivity index (χ3n) is 3.42. The van der Waals surface area contributed by atoms with Gasteiger partial charge < -0.3 is 14.8 Å². The molecular formula is C19H19Cl2N3O4. The van der Waals surface area contributed by atoms with Gasteiger partial charge in [-0.25, -0.2) is 5.43 Å². The van der Waals surface area contributed by atoms with Crippen molar-refractivity contribution < 1.29 is 19.1 Å². The number of nitrogens with one attached hydrogen (secondary N) is 2. The molecule has 2 amide bonds. The molecule has 28 heavy (non-hydrogen) atoms. The zero-order valence-electron chi connectivity index (χ0n) is 15.3. The molecule has 0 aliphatic carbocycles. The van der Waals surface area contributed by atoms with Gasteiger partial charge >= 0.3 is 0 Å². The van der Waals surface area contributed by atoms with E-state index >= 15 is 0 Å². The molecule has 0 spiro atoms. The van der Waals surface area contributed by atoms with Crippen LogP contribution in [0.15, 0.2) is 47.6 Å². The summed E-state index contributed by atoms with van der Waals surface area (Å²) in [5.41, 5.74) is 3.30. The Hall–Kier alpha value is -2.77. The van der Waals surface area contributed by atoms with Crippen molar-refractivity contribution in [1.82, 2.24) is 5.43 Å². The molecule has 2 aromatic rings. The van der Waals surface area contributed by atoms with Crippen molar-refractivity contribution in [3.63, 3.8) is 0 Å². The van der Waals surface area contributed by atoms with E-state index in [0.29, 0.717) is 32.9 Å². The molecule has 2 N–H and O–H groups in total. The van der Waals surface area contributed by atoms with Crippen molar-refractivity contribution in [2.24, 2.45) is 5.10 Å². The number of benzene rings is 2. The van der Waals surface area contributed by atoms with Crippen LogP contribution in [0, 0.1) is 0 Å². The Morgan fingerprint density at radius 3 is 2.54 bits per heavy atom. The van der Waals surface area contributed by atoms with Crippen LogP contribution in [0.5, 0.6) is 11.5 Å². The topological polar surface area (TPSA) is 89.0 Å². The SMILES string of the molecule is COc1ccccc1NC(=O)C/C(C)=N\NC(=O)COc1ccc(Cl)cc1Cl. The van der Waals surface area contributed by atoms with Crippen LogP contribution in [0.4, 0.5) is 5.69 Å². The summed E-state index contributed by atoms with van der Waals surface area (Å²) in [5, 5.41) is 7.38. The molecule has 0 unspecified atom stereocenters. The van der Waals surface area contributed by atoms with Crippen LogP contribution in [-0.2, 0) is 9.59 Å². The number of nitrogens with zero attached hydrogens (tertiary/aromatic N) is 1. The Labute approximate surface area is 172 Å². The second-order valence-electron chi connectivity index (χ2n) is 5.67. The Morgan fingerprint density at radius 2 is 1.82 bits per heavy atom. The van der Waals surface area contributed by atoms with Crippen LogP contribution < -0.4 is 20.2 Å². The van der Waals surface area contributed by atoms with Crippen LogP contribution >= 0.6 is 23.2 Å². The standard InChI is InChI=1S/C19H19Cl2N3O4/c1-12(9-18(25)22-15-5-3-4-6-17(15)27-2)23-24-19(26)11-28-16-8-7-13(20)10-14(16)21/h3-8,10H,9,11H2,1-2H3,(H,22,25)(H,24,26)/b23-12-. The lowest BCUT2D eigenvalue weighted by Crippen LogP contribution is -2.26. The minimum absolute atomic E-state index is 0.00218. The summed E-state index contributed by atoms with van der Waals surface area (Å²) >= 11 is 11.8. The normalized spacial score (nSPS) is 10.9. The second kappa shape index (κ2) is 10.5. The molecule has 0 aromatic heterocycles. The number of halogens is 2. The number of carbonyl (C=O) groups excluding carboxylic acids is 2. The van der Waals surface area contributed by atoms with Crippen LogP contribution in [0.3, 0.4) is 0 Å². The highest BCUT2D eigenvalue weighted by Crippen LogP contribution is 2.27. The second-order valence-corrected chi connectivity index (χ2v) is 6.51. The maximum atomic E-state index is 12.1. The van der Waals surface area contributed by atoms with Gasteiger partial charge in [-0.3, -0.25) is 9.59 Å². The number of amides is 2. The molecule has 0 aliphatic heterocycles. The molecule has 2 rings (SSSR count). The van der Waals surface area contributed by atoms with Gasteiger partial charge in [0.2, 0.25) is 5.91 Å². The van der Waals surface area contributed by atoms with Gasteiger partial charge in [-0.1, -0.05) is 35.3 Å². The molecular weight excluding hydrogens is 405 g/mol. The first kappa shape index (κ1) is 21.5. The summed E-state index contributed by atoms with van der Waals surface area (Å²) in [6, 6.07) is 11.7. The Morgan fingerprint density at radius 1 is 1.07 bits per heavy atom. The van der Waals surface area contributed by atoms with E-state index in [9.17, 15) is 9.59 Å². The number of hydrogen-bond donors (Lipinski definition) is 2. The summed E-state index contributed by atoms with van der Waals surface area (Å²) in [4.78, 5) is 23.9. The lowest BCUT2D eigenvalue weighted by molar-refractivity contribution is -0.123. The van der Waals surface area contributed by atoms with Crippen LogP contribution in [0.1, 0.15) is 13.3 Å². The van der Waals surface area contributed by atoms with Crippen LogP contribution in [0.25, 0.3) is 0 Å². The zero-order chi connectivity index (χ0) is 20.5. The zero-order valence-corrected chi connectivity index (χ0v) is 16.8. The molecule has 2 aromatic carbocycles. The Balaban J connectivity index is 1.81. The predicted octanol–water partition coefficient (Wildman–Crippen LogP) is 3.90. The highest BCUT2D eigenvalue weighted by molar-refractivity contribution is 6.35. The van der Waals surface area contributed by atoms with Gasteiger partial charge in [0.05, 0.1) is 24.2 Å². The van der Waals surface area contributed by atoms with Gasteiger partial charge in [0, 0.05) is 10.7 Å². The van der Waals surface area contributed by atoms with E-state index in [1.165, 1.54) is 13.2 Å². The van der Waals surface area contributed by atoms with Crippen molar-refractivity contribution in [2.45, 2.75) is 13.3 Å². The summed E-state index contributed by atoms with van der Waals surface area (Å²) in [6.07, 6.45) is 0.00218. The van der Waals surface area contributed by atoms with E-state index in [1.54, 1.807) is 43.3 Å². The first-order valence-electron chi connectivity index (χ1n) is 8.21. The highest BCUT2D eigenvalue weighted by Gasteiger charge is 2.09. The van der Waals surface area contributed by atoms with E-state index in [4.69, 9.17) is 32.7 Å². The molecule has 0 atom stereocenters. The maximum Gasteiger partial charge on any atom is 0.277 e. The first-order valence-corrected chi connectivity index (χ1v) is 8.97. The number of rotatable bonds is 8. The number of hydrogen-bond acceptors (Lipinski definition) is 5. The molecule has 148 valence electrons. The molecule has 0 aliphatic rings. The van der Waals surface area contributed by atoms with Crippen molar-refractivity contribution in [1.29, 1.82) is 0 Å². The minimum Gasteiger partial charge on any atom is -0.495 e. The molecule has 7 nitrogen and oxygen atoms in total. The largest absolute Gasteiger partial charge is 0.495 e.